The zero-order valence-corrected chi connectivity index (χ0v) is 16.7. The fraction of sp³-hybridized carbons (Fsp3) is 0.348. The summed E-state index contributed by atoms with van der Waals surface area (Å²) in [5.41, 5.74) is 1.21. The van der Waals surface area contributed by atoms with E-state index in [1.165, 1.54) is 10.9 Å². The number of fused-ring (bicyclic) bond motifs is 1. The van der Waals surface area contributed by atoms with Crippen LogP contribution in [0.5, 0.6) is 5.75 Å². The Morgan fingerprint density at radius 1 is 1.14 bits per heavy atom. The molecule has 6 nitrogen and oxygen atoms in total. The van der Waals surface area contributed by atoms with Gasteiger partial charge in [-0.05, 0) is 42.3 Å². The first-order chi connectivity index (χ1) is 14.3. The maximum absolute atomic E-state index is 12.9. The molecule has 150 valence electrons. The zero-order valence-electron chi connectivity index (χ0n) is 16.7. The van der Waals surface area contributed by atoms with Crippen LogP contribution in [0.4, 0.5) is 5.95 Å². The zero-order chi connectivity index (χ0) is 20.1. The number of benzene rings is 2. The average molecular weight is 390 g/mol. The fourth-order valence-electron chi connectivity index (χ4n) is 4.13. The van der Waals surface area contributed by atoms with Crippen LogP contribution in [0.25, 0.3) is 10.8 Å². The largest absolute Gasteiger partial charge is 0.496 e. The lowest BCUT2D eigenvalue weighted by atomic mass is 9.96. The first kappa shape index (κ1) is 19.2. The second kappa shape index (κ2) is 8.90. The molecule has 3 aromatic rings. The summed E-state index contributed by atoms with van der Waals surface area (Å²) in [4.78, 5) is 23.3. The Morgan fingerprint density at radius 2 is 1.93 bits per heavy atom. The highest BCUT2D eigenvalue weighted by Gasteiger charge is 2.30. The van der Waals surface area contributed by atoms with E-state index in [4.69, 9.17) is 4.74 Å². The van der Waals surface area contributed by atoms with Gasteiger partial charge in [-0.15, -0.1) is 0 Å². The van der Waals surface area contributed by atoms with Crippen molar-refractivity contribution in [1.29, 1.82) is 0 Å². The van der Waals surface area contributed by atoms with Gasteiger partial charge in [-0.3, -0.25) is 4.79 Å². The molecule has 1 atom stereocenters. The molecule has 2 aromatic carbocycles. The van der Waals surface area contributed by atoms with E-state index in [2.05, 4.69) is 33.5 Å². The van der Waals surface area contributed by atoms with E-state index in [0.29, 0.717) is 18.9 Å². The summed E-state index contributed by atoms with van der Waals surface area (Å²) in [6.45, 7) is 1.50. The molecule has 0 saturated carbocycles. The van der Waals surface area contributed by atoms with Crippen molar-refractivity contribution >= 4 is 22.6 Å². The molecule has 1 aliphatic heterocycles. The maximum atomic E-state index is 12.9. The van der Waals surface area contributed by atoms with Crippen LogP contribution in [0.1, 0.15) is 37.3 Å². The van der Waals surface area contributed by atoms with Gasteiger partial charge in [0.1, 0.15) is 5.75 Å². The monoisotopic (exact) mass is 390 g/mol. The summed E-state index contributed by atoms with van der Waals surface area (Å²) >= 11 is 0. The van der Waals surface area contributed by atoms with Gasteiger partial charge < -0.3 is 15.0 Å². The third-order valence-electron chi connectivity index (χ3n) is 5.49. The molecule has 0 radical (unpaired) electrons. The van der Waals surface area contributed by atoms with Crippen LogP contribution in [0, 0.1) is 0 Å². The highest BCUT2D eigenvalue weighted by Crippen LogP contribution is 2.39. The van der Waals surface area contributed by atoms with Gasteiger partial charge >= 0.3 is 0 Å². The number of methoxy groups -OCH3 is 1. The third-order valence-corrected chi connectivity index (χ3v) is 5.49. The summed E-state index contributed by atoms with van der Waals surface area (Å²) in [5, 5.41) is 5.43. The number of hydrogen-bond donors (Lipinski definition) is 1. The first-order valence-corrected chi connectivity index (χ1v) is 10.1. The molecular weight excluding hydrogens is 364 g/mol. The number of anilines is 1. The van der Waals surface area contributed by atoms with Crippen molar-refractivity contribution in [3.05, 3.63) is 60.4 Å². The lowest BCUT2D eigenvalue weighted by Crippen LogP contribution is -2.30. The van der Waals surface area contributed by atoms with Gasteiger partial charge in [0, 0.05) is 37.3 Å². The van der Waals surface area contributed by atoms with Crippen molar-refractivity contribution in [2.45, 2.75) is 31.7 Å². The Kier molecular flexibility index (Phi) is 5.89. The van der Waals surface area contributed by atoms with Gasteiger partial charge in [-0.2, -0.15) is 0 Å². The van der Waals surface area contributed by atoms with Crippen LogP contribution < -0.4 is 10.1 Å². The molecular formula is C23H26N4O2. The van der Waals surface area contributed by atoms with Crippen LogP contribution in [0.3, 0.4) is 0 Å². The Balaban J connectivity index is 1.44. The van der Waals surface area contributed by atoms with E-state index in [-0.39, 0.29) is 11.9 Å². The van der Waals surface area contributed by atoms with Gasteiger partial charge in [0.05, 0.1) is 13.2 Å². The SMILES string of the molecule is COc1ccc(C2CCCN2C(=O)CCCNc2ncccn2)c2ccccc12. The molecule has 1 saturated heterocycles. The standard InChI is InChI=1S/C23H26N4O2/c1-29-21-12-11-18(17-7-2-3-8-19(17)21)20-9-5-16-27(20)22(28)10-4-13-24-23-25-14-6-15-26-23/h2-3,6-8,11-12,14-15,20H,4-5,9-10,13,16H2,1H3,(H,24,25,26). The van der Waals surface area contributed by atoms with E-state index in [9.17, 15) is 4.79 Å². The first-order valence-electron chi connectivity index (χ1n) is 10.1. The quantitative estimate of drug-likeness (QED) is 0.613. The van der Waals surface area contributed by atoms with E-state index < -0.39 is 0 Å². The minimum Gasteiger partial charge on any atom is -0.496 e. The van der Waals surface area contributed by atoms with Crippen molar-refractivity contribution in [3.8, 4) is 5.75 Å². The summed E-state index contributed by atoms with van der Waals surface area (Å²) in [6.07, 6.45) is 6.71. The number of hydrogen-bond acceptors (Lipinski definition) is 5. The number of nitrogens with one attached hydrogen (secondary N) is 1. The fourth-order valence-corrected chi connectivity index (χ4v) is 4.13. The number of aromatic nitrogens is 2. The number of carbonyl (C=O) groups excluding carboxylic acids is 1. The lowest BCUT2D eigenvalue weighted by molar-refractivity contribution is -0.132. The van der Waals surface area contributed by atoms with Gasteiger partial charge in [-0.1, -0.05) is 30.3 Å². The molecule has 1 amide bonds. The molecule has 1 aromatic heterocycles. The molecule has 2 heterocycles. The van der Waals surface area contributed by atoms with Crippen LogP contribution in [0.15, 0.2) is 54.9 Å². The van der Waals surface area contributed by atoms with Gasteiger partial charge in [0.25, 0.3) is 0 Å². The highest BCUT2D eigenvalue weighted by molar-refractivity contribution is 5.92. The van der Waals surface area contributed by atoms with E-state index in [0.717, 1.165) is 36.9 Å². The third kappa shape index (κ3) is 4.16. The smallest absolute Gasteiger partial charge is 0.223 e. The van der Waals surface area contributed by atoms with Crippen molar-refractivity contribution in [2.24, 2.45) is 0 Å². The van der Waals surface area contributed by atoms with Crippen molar-refractivity contribution in [3.63, 3.8) is 0 Å². The number of nitrogens with zero attached hydrogens (tertiary/aromatic N) is 3. The van der Waals surface area contributed by atoms with Crippen molar-refractivity contribution in [2.75, 3.05) is 25.5 Å². The second-order valence-corrected chi connectivity index (χ2v) is 7.25. The number of rotatable bonds is 7. The van der Waals surface area contributed by atoms with Crippen LogP contribution in [-0.2, 0) is 4.79 Å². The minimum absolute atomic E-state index is 0.128. The van der Waals surface area contributed by atoms with E-state index >= 15 is 0 Å². The summed E-state index contributed by atoms with van der Waals surface area (Å²) in [5.74, 6) is 1.68. The summed E-state index contributed by atoms with van der Waals surface area (Å²) < 4.78 is 5.52. The number of carbonyl (C=O) groups is 1. The summed E-state index contributed by atoms with van der Waals surface area (Å²) in [6, 6.07) is 14.3. The number of likely N-dealkylation sites (tertiary alicyclic amines) is 1. The van der Waals surface area contributed by atoms with E-state index in [1.54, 1.807) is 25.6 Å². The molecule has 4 rings (SSSR count). The maximum Gasteiger partial charge on any atom is 0.223 e. The Labute approximate surface area is 170 Å². The average Bonchev–Trinajstić information content (AvgIpc) is 3.26. The predicted molar refractivity (Wildman–Crippen MR) is 114 cm³/mol. The molecule has 29 heavy (non-hydrogen) atoms. The molecule has 0 aliphatic carbocycles. The van der Waals surface area contributed by atoms with E-state index in [1.807, 2.05) is 23.1 Å². The van der Waals surface area contributed by atoms with Crippen LogP contribution in [0.2, 0.25) is 0 Å². The molecule has 1 N–H and O–H groups in total. The van der Waals surface area contributed by atoms with Crippen LogP contribution in [-0.4, -0.2) is 41.0 Å². The number of amides is 1. The Morgan fingerprint density at radius 3 is 2.72 bits per heavy atom. The van der Waals surface area contributed by atoms with Crippen molar-refractivity contribution in [1.82, 2.24) is 14.9 Å². The van der Waals surface area contributed by atoms with Gasteiger partial charge in [-0.25, -0.2) is 9.97 Å². The van der Waals surface area contributed by atoms with Crippen molar-refractivity contribution < 1.29 is 9.53 Å². The molecule has 6 heteroatoms. The minimum atomic E-state index is 0.128. The Hall–Kier alpha value is -3.15. The molecule has 0 spiro atoms. The molecule has 1 aliphatic rings. The predicted octanol–water partition coefficient (Wildman–Crippen LogP) is 4.19. The topological polar surface area (TPSA) is 67.3 Å². The lowest BCUT2D eigenvalue weighted by Gasteiger charge is -2.26. The normalized spacial score (nSPS) is 16.2. The molecule has 1 fully saturated rings. The second-order valence-electron chi connectivity index (χ2n) is 7.25. The van der Waals surface area contributed by atoms with Crippen LogP contribution >= 0.6 is 0 Å². The Bertz CT molecular complexity index is 977. The molecule has 0 bridgehead atoms. The molecule has 1 unspecified atom stereocenters. The summed E-state index contributed by atoms with van der Waals surface area (Å²) in [7, 11) is 1.70. The van der Waals surface area contributed by atoms with Gasteiger partial charge in [0.2, 0.25) is 11.9 Å². The number of ether oxygens (including phenoxy) is 1. The van der Waals surface area contributed by atoms with Gasteiger partial charge in [0.15, 0.2) is 0 Å². The highest BCUT2D eigenvalue weighted by atomic mass is 16.5.